The number of carbonyl (C=O) groups excluding carboxylic acids is 1. The zero-order valence-corrected chi connectivity index (χ0v) is 19.5. The second-order valence-electron chi connectivity index (χ2n) is 7.62. The second kappa shape index (κ2) is 10.8. The van der Waals surface area contributed by atoms with E-state index in [0.29, 0.717) is 46.3 Å². The van der Waals surface area contributed by atoms with Crippen molar-refractivity contribution in [2.75, 3.05) is 46.5 Å². The Bertz CT molecular complexity index is 718. The van der Waals surface area contributed by atoms with Crippen LogP contribution < -0.4 is 14.8 Å². The molecular formula is C21H30BrClN2O4. The van der Waals surface area contributed by atoms with Crippen molar-refractivity contribution in [2.45, 2.75) is 38.7 Å². The third-order valence-corrected chi connectivity index (χ3v) is 6.91. The number of piperidine rings is 1. The summed E-state index contributed by atoms with van der Waals surface area (Å²) in [5.74, 6) is 1.03. The average Bonchev–Trinajstić information content (AvgIpc) is 2.99. The fraction of sp³-hybridized carbons (Fsp3) is 0.667. The van der Waals surface area contributed by atoms with E-state index >= 15 is 0 Å². The van der Waals surface area contributed by atoms with Gasteiger partial charge in [-0.3, -0.25) is 4.79 Å². The molecule has 2 atom stereocenters. The van der Waals surface area contributed by atoms with Crippen molar-refractivity contribution in [3.8, 4) is 11.5 Å². The number of rotatable bonds is 7. The standard InChI is InChI=1S/C21H30BrClN2O4/c1-3-4-7-25-8-6-14(17(13-25)27-2)12-24-21(26)15-11-16(23)18(22)20-19(15)28-9-5-10-29-20/h11,14,17H,3-10,12-13H2,1-2H3,(H,24,26)/t14-,17+/m0/s1. The number of nitrogens with zero attached hydrogens (tertiary/aromatic N) is 1. The fourth-order valence-corrected chi connectivity index (χ4v) is 4.47. The van der Waals surface area contributed by atoms with Crippen molar-refractivity contribution in [1.29, 1.82) is 0 Å². The highest BCUT2D eigenvalue weighted by atomic mass is 79.9. The molecule has 0 aromatic heterocycles. The minimum absolute atomic E-state index is 0.117. The van der Waals surface area contributed by atoms with E-state index in [1.54, 1.807) is 13.2 Å². The molecule has 1 saturated heterocycles. The van der Waals surface area contributed by atoms with Gasteiger partial charge in [-0.05, 0) is 47.9 Å². The Morgan fingerprint density at radius 2 is 2.14 bits per heavy atom. The van der Waals surface area contributed by atoms with E-state index in [9.17, 15) is 4.79 Å². The van der Waals surface area contributed by atoms with E-state index in [2.05, 4.69) is 33.1 Å². The van der Waals surface area contributed by atoms with E-state index in [4.69, 9.17) is 25.8 Å². The molecule has 1 fully saturated rings. The lowest BCUT2D eigenvalue weighted by Gasteiger charge is -2.37. The van der Waals surface area contributed by atoms with Crippen molar-refractivity contribution >= 4 is 33.4 Å². The van der Waals surface area contributed by atoms with Crippen molar-refractivity contribution in [1.82, 2.24) is 10.2 Å². The number of halogens is 2. The normalized spacial score (nSPS) is 22.2. The summed E-state index contributed by atoms with van der Waals surface area (Å²) in [6, 6.07) is 1.63. The Hall–Kier alpha value is -1.02. The molecule has 1 aromatic rings. The predicted octanol–water partition coefficient (Wildman–Crippen LogP) is 4.13. The van der Waals surface area contributed by atoms with Gasteiger partial charge >= 0.3 is 0 Å². The van der Waals surface area contributed by atoms with Gasteiger partial charge in [0.1, 0.15) is 0 Å². The maximum atomic E-state index is 13.0. The van der Waals surface area contributed by atoms with E-state index in [1.807, 2.05) is 0 Å². The topological polar surface area (TPSA) is 60.0 Å². The van der Waals surface area contributed by atoms with E-state index in [0.717, 1.165) is 32.5 Å². The van der Waals surface area contributed by atoms with Crippen LogP contribution >= 0.6 is 27.5 Å². The van der Waals surface area contributed by atoms with Crippen LogP contribution in [-0.4, -0.2) is 63.4 Å². The number of fused-ring (bicyclic) bond motifs is 1. The van der Waals surface area contributed by atoms with Crippen molar-refractivity contribution in [3.05, 3.63) is 21.1 Å². The molecule has 0 aliphatic carbocycles. The minimum atomic E-state index is -0.204. The average molecular weight is 490 g/mol. The Kier molecular flexibility index (Phi) is 8.47. The van der Waals surface area contributed by atoms with Crippen LogP contribution in [0, 0.1) is 5.92 Å². The number of hydrogen-bond donors (Lipinski definition) is 1. The molecule has 29 heavy (non-hydrogen) atoms. The molecule has 1 amide bonds. The maximum absolute atomic E-state index is 13.0. The van der Waals surface area contributed by atoms with Crippen molar-refractivity contribution < 1.29 is 19.0 Å². The summed E-state index contributed by atoms with van der Waals surface area (Å²) in [6.45, 7) is 6.85. The number of hydrogen-bond acceptors (Lipinski definition) is 5. The predicted molar refractivity (Wildman–Crippen MR) is 117 cm³/mol. The Morgan fingerprint density at radius 1 is 1.38 bits per heavy atom. The summed E-state index contributed by atoms with van der Waals surface area (Å²) in [6.07, 6.45) is 4.27. The number of benzene rings is 1. The molecule has 0 saturated carbocycles. The first kappa shape index (κ1) is 22.7. The highest BCUT2D eigenvalue weighted by Crippen LogP contribution is 2.44. The molecule has 2 aliphatic heterocycles. The summed E-state index contributed by atoms with van der Waals surface area (Å²) >= 11 is 9.75. The molecule has 0 unspecified atom stereocenters. The van der Waals surface area contributed by atoms with Gasteiger partial charge in [0.25, 0.3) is 5.91 Å². The lowest BCUT2D eigenvalue weighted by atomic mass is 9.93. The van der Waals surface area contributed by atoms with Crippen LogP contribution in [0.3, 0.4) is 0 Å². The lowest BCUT2D eigenvalue weighted by molar-refractivity contribution is -0.0106. The fourth-order valence-electron chi connectivity index (χ4n) is 3.87. The molecule has 162 valence electrons. The SMILES string of the molecule is CCCCN1CC[C@@H](CNC(=O)c2cc(Cl)c(Br)c3c2OCCCO3)[C@H](OC)C1. The van der Waals surface area contributed by atoms with Crippen molar-refractivity contribution in [3.63, 3.8) is 0 Å². The molecule has 1 aromatic carbocycles. The number of likely N-dealkylation sites (tertiary alicyclic amines) is 1. The molecule has 8 heteroatoms. The third-order valence-electron chi connectivity index (χ3n) is 5.59. The highest BCUT2D eigenvalue weighted by Gasteiger charge is 2.30. The molecular weight excluding hydrogens is 460 g/mol. The van der Waals surface area contributed by atoms with Crippen LogP contribution in [0.2, 0.25) is 5.02 Å². The molecule has 3 rings (SSSR count). The smallest absolute Gasteiger partial charge is 0.255 e. The first-order valence-corrected chi connectivity index (χ1v) is 11.5. The molecule has 6 nitrogen and oxygen atoms in total. The minimum Gasteiger partial charge on any atom is -0.489 e. The van der Waals surface area contributed by atoms with Crippen LogP contribution in [0.5, 0.6) is 11.5 Å². The summed E-state index contributed by atoms with van der Waals surface area (Å²) in [5.41, 5.74) is 0.407. The first-order valence-electron chi connectivity index (χ1n) is 10.4. The third kappa shape index (κ3) is 5.57. The Morgan fingerprint density at radius 3 is 2.86 bits per heavy atom. The Labute approximate surface area is 186 Å². The van der Waals surface area contributed by atoms with Gasteiger partial charge in [-0.1, -0.05) is 24.9 Å². The molecule has 0 spiro atoms. The summed E-state index contributed by atoms with van der Waals surface area (Å²) in [4.78, 5) is 15.4. The van der Waals surface area contributed by atoms with Gasteiger partial charge in [-0.2, -0.15) is 0 Å². The highest BCUT2D eigenvalue weighted by molar-refractivity contribution is 9.10. The number of unbranched alkanes of at least 4 members (excludes halogenated alkanes) is 1. The molecule has 1 N–H and O–H groups in total. The lowest BCUT2D eigenvalue weighted by Crippen LogP contribution is -2.48. The number of carbonyl (C=O) groups is 1. The number of amides is 1. The van der Waals surface area contributed by atoms with Crippen LogP contribution in [-0.2, 0) is 4.74 Å². The van der Waals surface area contributed by atoms with E-state index in [-0.39, 0.29) is 17.9 Å². The van der Waals surface area contributed by atoms with Crippen molar-refractivity contribution in [2.24, 2.45) is 5.92 Å². The van der Waals surface area contributed by atoms with Gasteiger partial charge in [-0.15, -0.1) is 0 Å². The monoisotopic (exact) mass is 488 g/mol. The molecule has 2 heterocycles. The van der Waals surface area contributed by atoms with Crippen LogP contribution in [0.1, 0.15) is 43.0 Å². The van der Waals surface area contributed by atoms with Crippen LogP contribution in [0.4, 0.5) is 0 Å². The maximum Gasteiger partial charge on any atom is 0.255 e. The van der Waals surface area contributed by atoms with Gasteiger partial charge in [0, 0.05) is 32.5 Å². The number of ether oxygens (including phenoxy) is 3. The van der Waals surface area contributed by atoms with Crippen LogP contribution in [0.25, 0.3) is 0 Å². The first-order chi connectivity index (χ1) is 14.0. The van der Waals surface area contributed by atoms with Gasteiger partial charge in [0.2, 0.25) is 0 Å². The van der Waals surface area contributed by atoms with Gasteiger partial charge in [0.15, 0.2) is 11.5 Å². The van der Waals surface area contributed by atoms with E-state index < -0.39 is 0 Å². The second-order valence-corrected chi connectivity index (χ2v) is 8.82. The quantitative estimate of drug-likeness (QED) is 0.624. The molecule has 0 radical (unpaired) electrons. The zero-order valence-electron chi connectivity index (χ0n) is 17.1. The molecule has 0 bridgehead atoms. The molecule has 2 aliphatic rings. The summed E-state index contributed by atoms with van der Waals surface area (Å²) < 4.78 is 17.9. The zero-order chi connectivity index (χ0) is 20.8. The van der Waals surface area contributed by atoms with Gasteiger partial charge < -0.3 is 24.4 Å². The largest absolute Gasteiger partial charge is 0.489 e. The number of methoxy groups -OCH3 is 1. The van der Waals surface area contributed by atoms with E-state index in [1.165, 1.54) is 12.8 Å². The van der Waals surface area contributed by atoms with Gasteiger partial charge in [-0.25, -0.2) is 0 Å². The van der Waals surface area contributed by atoms with Gasteiger partial charge in [0.05, 0.1) is 34.4 Å². The summed E-state index contributed by atoms with van der Waals surface area (Å²) in [7, 11) is 1.75. The number of nitrogens with one attached hydrogen (secondary N) is 1. The van der Waals surface area contributed by atoms with Crippen LogP contribution in [0.15, 0.2) is 10.5 Å². The Balaban J connectivity index is 1.66. The summed E-state index contributed by atoms with van der Waals surface area (Å²) in [5, 5.41) is 3.49.